The molecule has 1 aromatic heterocycles. The van der Waals surface area contributed by atoms with Crippen molar-refractivity contribution in [1.29, 1.82) is 0 Å². The van der Waals surface area contributed by atoms with Crippen LogP contribution in [0.25, 0.3) is 0 Å². The molecule has 0 radical (unpaired) electrons. The summed E-state index contributed by atoms with van der Waals surface area (Å²) in [6.45, 7) is 5.34. The summed E-state index contributed by atoms with van der Waals surface area (Å²) in [5.74, 6) is 0.972. The van der Waals surface area contributed by atoms with Gasteiger partial charge in [-0.15, -0.1) is 0 Å². The number of anilines is 2. The van der Waals surface area contributed by atoms with Gasteiger partial charge in [-0.25, -0.2) is 4.98 Å². The summed E-state index contributed by atoms with van der Waals surface area (Å²) >= 11 is 0. The number of nitrogens with one attached hydrogen (secondary N) is 1. The fourth-order valence-corrected chi connectivity index (χ4v) is 4.41. The summed E-state index contributed by atoms with van der Waals surface area (Å²) in [5, 5.41) is 3.55. The molecule has 1 aliphatic heterocycles. The van der Waals surface area contributed by atoms with Crippen LogP contribution in [0.15, 0.2) is 42.6 Å². The highest BCUT2D eigenvalue weighted by atomic mass is 16.2. The number of hydrogen-bond donors (Lipinski definition) is 1. The van der Waals surface area contributed by atoms with Gasteiger partial charge in [-0.3, -0.25) is 4.79 Å². The molecule has 2 aliphatic rings. The van der Waals surface area contributed by atoms with E-state index < -0.39 is 0 Å². The van der Waals surface area contributed by atoms with Crippen LogP contribution < -0.4 is 10.2 Å². The molecule has 5 heteroatoms. The monoisotopic (exact) mass is 392 g/mol. The summed E-state index contributed by atoms with van der Waals surface area (Å²) in [6.07, 6.45) is 9.44. The molecule has 1 saturated carbocycles. The van der Waals surface area contributed by atoms with E-state index in [0.717, 1.165) is 32.0 Å². The third-order valence-electron chi connectivity index (χ3n) is 6.15. The molecular weight excluding hydrogens is 360 g/mol. The smallest absolute Gasteiger partial charge is 0.255 e. The minimum absolute atomic E-state index is 0.0856. The molecule has 2 heterocycles. The number of piperazine rings is 1. The molecule has 5 nitrogen and oxygen atoms in total. The second-order valence-corrected chi connectivity index (χ2v) is 8.38. The quantitative estimate of drug-likeness (QED) is 0.779. The average Bonchev–Trinajstić information content (AvgIpc) is 3.03. The first kappa shape index (κ1) is 19.7. The zero-order valence-corrected chi connectivity index (χ0v) is 17.4. The van der Waals surface area contributed by atoms with Gasteiger partial charge >= 0.3 is 0 Å². The van der Waals surface area contributed by atoms with Gasteiger partial charge in [0, 0.05) is 44.1 Å². The minimum atomic E-state index is 0.0856. The second kappa shape index (κ2) is 9.29. The Kier molecular flexibility index (Phi) is 6.33. The van der Waals surface area contributed by atoms with Crippen molar-refractivity contribution in [2.24, 2.45) is 0 Å². The van der Waals surface area contributed by atoms with E-state index >= 15 is 0 Å². The Labute approximate surface area is 174 Å². The van der Waals surface area contributed by atoms with E-state index in [4.69, 9.17) is 0 Å². The zero-order valence-electron chi connectivity index (χ0n) is 17.4. The molecule has 0 spiro atoms. The van der Waals surface area contributed by atoms with Crippen molar-refractivity contribution >= 4 is 17.4 Å². The standard InChI is InChI=1S/C24H32N4O/c1-19-7-6-10-22(17-19)27-13-15-28(16-14-27)24(29)20-11-12-23(25-18-20)26-21-8-4-2-3-5-9-21/h6-7,10-12,17-18,21H,2-5,8-9,13-16H2,1H3,(H,25,26). The number of amides is 1. The number of aryl methyl sites for hydroxylation is 1. The topological polar surface area (TPSA) is 48.5 Å². The molecule has 0 atom stereocenters. The fourth-order valence-electron chi connectivity index (χ4n) is 4.41. The van der Waals surface area contributed by atoms with Gasteiger partial charge < -0.3 is 15.1 Å². The largest absolute Gasteiger partial charge is 0.368 e. The molecule has 1 aromatic carbocycles. The summed E-state index contributed by atoms with van der Waals surface area (Å²) in [7, 11) is 0. The number of rotatable bonds is 4. The predicted octanol–water partition coefficient (Wildman–Crippen LogP) is 4.49. The van der Waals surface area contributed by atoms with E-state index in [1.165, 1.54) is 49.8 Å². The van der Waals surface area contributed by atoms with E-state index in [-0.39, 0.29) is 5.91 Å². The normalized spacial score (nSPS) is 18.4. The van der Waals surface area contributed by atoms with Crippen molar-refractivity contribution in [3.05, 3.63) is 53.7 Å². The Morgan fingerprint density at radius 1 is 1.00 bits per heavy atom. The van der Waals surface area contributed by atoms with Crippen LogP contribution in [0.5, 0.6) is 0 Å². The van der Waals surface area contributed by atoms with Crippen LogP contribution in [-0.4, -0.2) is 48.0 Å². The summed E-state index contributed by atoms with van der Waals surface area (Å²) in [6, 6.07) is 13.0. The SMILES string of the molecule is Cc1cccc(N2CCN(C(=O)c3ccc(NC4CCCCCC4)nc3)CC2)c1. The minimum Gasteiger partial charge on any atom is -0.368 e. The van der Waals surface area contributed by atoms with Gasteiger partial charge in [-0.1, -0.05) is 37.8 Å². The van der Waals surface area contributed by atoms with Crippen molar-refractivity contribution in [3.8, 4) is 0 Å². The summed E-state index contributed by atoms with van der Waals surface area (Å²) < 4.78 is 0. The first-order valence-corrected chi connectivity index (χ1v) is 11.0. The third kappa shape index (κ3) is 5.08. The molecular formula is C24H32N4O. The van der Waals surface area contributed by atoms with Gasteiger partial charge in [0.15, 0.2) is 0 Å². The maximum absolute atomic E-state index is 12.9. The Bertz CT molecular complexity index is 804. The zero-order chi connectivity index (χ0) is 20.1. The lowest BCUT2D eigenvalue weighted by Crippen LogP contribution is -2.48. The molecule has 1 N–H and O–H groups in total. The number of aromatic nitrogens is 1. The highest BCUT2D eigenvalue weighted by Crippen LogP contribution is 2.21. The maximum Gasteiger partial charge on any atom is 0.255 e. The Morgan fingerprint density at radius 2 is 1.76 bits per heavy atom. The molecule has 1 saturated heterocycles. The maximum atomic E-state index is 12.9. The summed E-state index contributed by atoms with van der Waals surface area (Å²) in [5.41, 5.74) is 3.19. The average molecular weight is 393 g/mol. The number of carbonyl (C=O) groups is 1. The van der Waals surface area contributed by atoms with E-state index in [1.807, 2.05) is 17.0 Å². The van der Waals surface area contributed by atoms with Crippen LogP contribution in [0.1, 0.15) is 54.4 Å². The lowest BCUT2D eigenvalue weighted by Gasteiger charge is -2.36. The molecule has 2 aromatic rings. The van der Waals surface area contributed by atoms with E-state index in [0.29, 0.717) is 11.6 Å². The van der Waals surface area contributed by atoms with Crippen LogP contribution in [-0.2, 0) is 0 Å². The van der Waals surface area contributed by atoms with Crippen molar-refractivity contribution in [3.63, 3.8) is 0 Å². The molecule has 2 fully saturated rings. The van der Waals surface area contributed by atoms with Crippen LogP contribution in [0, 0.1) is 6.92 Å². The van der Waals surface area contributed by atoms with Gasteiger partial charge in [0.2, 0.25) is 0 Å². The van der Waals surface area contributed by atoms with Gasteiger partial charge in [-0.2, -0.15) is 0 Å². The molecule has 0 unspecified atom stereocenters. The molecule has 29 heavy (non-hydrogen) atoms. The van der Waals surface area contributed by atoms with Crippen molar-refractivity contribution in [2.45, 2.75) is 51.5 Å². The van der Waals surface area contributed by atoms with Gasteiger partial charge in [0.1, 0.15) is 5.82 Å². The van der Waals surface area contributed by atoms with Crippen molar-refractivity contribution in [1.82, 2.24) is 9.88 Å². The number of carbonyl (C=O) groups excluding carboxylic acids is 1. The molecule has 4 rings (SSSR count). The first-order chi connectivity index (χ1) is 14.2. The number of hydrogen-bond acceptors (Lipinski definition) is 4. The van der Waals surface area contributed by atoms with E-state index in [2.05, 4.69) is 46.4 Å². The third-order valence-corrected chi connectivity index (χ3v) is 6.15. The van der Waals surface area contributed by atoms with Crippen LogP contribution in [0.2, 0.25) is 0 Å². The lowest BCUT2D eigenvalue weighted by molar-refractivity contribution is 0.0746. The highest BCUT2D eigenvalue weighted by molar-refractivity contribution is 5.94. The van der Waals surface area contributed by atoms with Crippen LogP contribution >= 0.6 is 0 Å². The molecule has 1 amide bonds. The number of nitrogens with zero attached hydrogens (tertiary/aromatic N) is 3. The number of pyridine rings is 1. The molecule has 1 aliphatic carbocycles. The second-order valence-electron chi connectivity index (χ2n) is 8.38. The van der Waals surface area contributed by atoms with Gasteiger partial charge in [0.25, 0.3) is 5.91 Å². The van der Waals surface area contributed by atoms with Crippen molar-refractivity contribution in [2.75, 3.05) is 36.4 Å². The Balaban J connectivity index is 1.31. The Hall–Kier alpha value is -2.56. The Morgan fingerprint density at radius 3 is 2.41 bits per heavy atom. The summed E-state index contributed by atoms with van der Waals surface area (Å²) in [4.78, 5) is 21.7. The first-order valence-electron chi connectivity index (χ1n) is 11.0. The lowest BCUT2D eigenvalue weighted by atomic mass is 10.1. The van der Waals surface area contributed by atoms with Crippen molar-refractivity contribution < 1.29 is 4.79 Å². The molecule has 0 bridgehead atoms. The fraction of sp³-hybridized carbons (Fsp3) is 0.500. The van der Waals surface area contributed by atoms with E-state index in [1.54, 1.807) is 6.20 Å². The molecule has 154 valence electrons. The predicted molar refractivity (Wildman–Crippen MR) is 119 cm³/mol. The van der Waals surface area contributed by atoms with Crippen LogP contribution in [0.4, 0.5) is 11.5 Å². The van der Waals surface area contributed by atoms with E-state index in [9.17, 15) is 4.79 Å². The number of benzene rings is 1. The van der Waals surface area contributed by atoms with Gasteiger partial charge in [-0.05, 0) is 49.6 Å². The van der Waals surface area contributed by atoms with Crippen LogP contribution in [0.3, 0.4) is 0 Å². The van der Waals surface area contributed by atoms with Gasteiger partial charge in [0.05, 0.1) is 5.56 Å². The highest BCUT2D eigenvalue weighted by Gasteiger charge is 2.23.